The Bertz CT molecular complexity index is 543. The number of amides is 2. The molecule has 0 N–H and O–H groups in total. The van der Waals surface area contributed by atoms with Crippen molar-refractivity contribution in [2.24, 2.45) is 0 Å². The molecule has 2 rings (SSSR count). The van der Waals surface area contributed by atoms with E-state index < -0.39 is 17.8 Å². The number of hydrogen-bond donors (Lipinski definition) is 0. The molecule has 0 bridgehead atoms. The zero-order chi connectivity index (χ0) is 14.0. The van der Waals surface area contributed by atoms with Gasteiger partial charge >= 0.3 is 5.97 Å². The Balaban J connectivity index is 1.99. The van der Waals surface area contributed by atoms with Crippen LogP contribution in [0.25, 0.3) is 0 Å². The summed E-state index contributed by atoms with van der Waals surface area (Å²) in [4.78, 5) is 38.9. The van der Waals surface area contributed by atoms with Gasteiger partial charge in [0, 0.05) is 12.8 Å². The number of hydroxylamine groups is 2. The Hall–Kier alpha value is -1.59. The third-order valence-electron chi connectivity index (χ3n) is 2.53. The molecule has 0 spiro atoms. The topological polar surface area (TPSA) is 63.7 Å². The van der Waals surface area contributed by atoms with Crippen LogP contribution in [0.1, 0.15) is 18.4 Å². The summed E-state index contributed by atoms with van der Waals surface area (Å²) in [7, 11) is 0. The van der Waals surface area contributed by atoms with Gasteiger partial charge in [-0.25, -0.2) is 4.79 Å². The zero-order valence-electron chi connectivity index (χ0n) is 9.69. The van der Waals surface area contributed by atoms with Gasteiger partial charge in [-0.3, -0.25) is 9.59 Å². The molecule has 1 fully saturated rings. The smallest absolute Gasteiger partial charge is 0.330 e. The molecule has 2 amide bonds. The maximum atomic E-state index is 11.6. The predicted octanol–water partition coefficient (Wildman–Crippen LogP) is 2.14. The minimum absolute atomic E-state index is 0.0683. The lowest BCUT2D eigenvalue weighted by atomic mass is 10.1. The predicted molar refractivity (Wildman–Crippen MR) is 67.3 cm³/mol. The summed E-state index contributed by atoms with van der Waals surface area (Å²) in [6.07, 6.45) is 0.0335. The highest BCUT2D eigenvalue weighted by Gasteiger charge is 2.32. The van der Waals surface area contributed by atoms with Gasteiger partial charge in [-0.15, -0.1) is 5.06 Å². The Kier molecular flexibility index (Phi) is 4.07. The normalized spacial score (nSPS) is 14.9. The van der Waals surface area contributed by atoms with E-state index in [4.69, 9.17) is 28.0 Å². The molecular weight excluding hydrogens is 293 g/mol. The van der Waals surface area contributed by atoms with Crippen LogP contribution in [0.15, 0.2) is 18.2 Å². The number of halogens is 2. The molecule has 1 aromatic rings. The fraction of sp³-hybridized carbons (Fsp3) is 0.250. The van der Waals surface area contributed by atoms with E-state index in [1.807, 2.05) is 0 Å². The van der Waals surface area contributed by atoms with E-state index in [1.54, 1.807) is 12.1 Å². The van der Waals surface area contributed by atoms with E-state index in [0.29, 0.717) is 20.7 Å². The Labute approximate surface area is 119 Å². The highest BCUT2D eigenvalue weighted by atomic mass is 35.5. The van der Waals surface area contributed by atoms with Crippen LogP contribution in [-0.4, -0.2) is 22.8 Å². The van der Waals surface area contributed by atoms with Gasteiger partial charge in [0.2, 0.25) is 0 Å². The van der Waals surface area contributed by atoms with Gasteiger partial charge in [0.25, 0.3) is 11.8 Å². The van der Waals surface area contributed by atoms with Crippen molar-refractivity contribution in [3.8, 4) is 0 Å². The number of nitrogens with zero attached hydrogens (tertiary/aromatic N) is 1. The van der Waals surface area contributed by atoms with Crippen molar-refractivity contribution in [2.75, 3.05) is 0 Å². The second-order valence-corrected chi connectivity index (χ2v) is 4.78. The highest BCUT2D eigenvalue weighted by Crippen LogP contribution is 2.23. The van der Waals surface area contributed by atoms with Gasteiger partial charge in [-0.1, -0.05) is 29.3 Å². The lowest BCUT2D eigenvalue weighted by Gasteiger charge is -2.12. The van der Waals surface area contributed by atoms with Gasteiger partial charge in [-0.05, 0) is 17.7 Å². The first-order valence-corrected chi connectivity index (χ1v) is 6.23. The molecule has 0 aromatic heterocycles. The average molecular weight is 302 g/mol. The van der Waals surface area contributed by atoms with Gasteiger partial charge in [0.1, 0.15) is 0 Å². The van der Waals surface area contributed by atoms with Crippen LogP contribution in [0.3, 0.4) is 0 Å². The van der Waals surface area contributed by atoms with E-state index in [0.717, 1.165) is 0 Å². The van der Waals surface area contributed by atoms with Crippen LogP contribution in [0, 0.1) is 0 Å². The molecule has 0 radical (unpaired) electrons. The Morgan fingerprint density at radius 1 is 1.16 bits per heavy atom. The van der Waals surface area contributed by atoms with Crippen LogP contribution >= 0.6 is 23.2 Å². The van der Waals surface area contributed by atoms with E-state index in [-0.39, 0.29) is 19.3 Å². The second-order valence-electron chi connectivity index (χ2n) is 3.97. The molecule has 0 saturated carbocycles. The van der Waals surface area contributed by atoms with Crippen molar-refractivity contribution in [1.29, 1.82) is 0 Å². The zero-order valence-corrected chi connectivity index (χ0v) is 11.2. The number of hydrogen-bond acceptors (Lipinski definition) is 4. The Morgan fingerprint density at radius 2 is 1.79 bits per heavy atom. The molecule has 1 saturated heterocycles. The van der Waals surface area contributed by atoms with E-state index in [2.05, 4.69) is 0 Å². The number of carbonyl (C=O) groups is 3. The van der Waals surface area contributed by atoms with Gasteiger partial charge in [-0.2, -0.15) is 0 Å². The molecule has 7 heteroatoms. The standard InChI is InChI=1S/C12H9Cl2NO4/c13-8-2-1-7(5-9(8)14)6-12(18)19-15-10(16)3-4-11(15)17/h1-2,5H,3-4,6H2. The molecular formula is C12H9Cl2NO4. The first-order chi connectivity index (χ1) is 8.97. The van der Waals surface area contributed by atoms with Crippen molar-refractivity contribution in [3.05, 3.63) is 33.8 Å². The van der Waals surface area contributed by atoms with Gasteiger partial charge in [0.05, 0.1) is 16.5 Å². The van der Waals surface area contributed by atoms with Crippen molar-refractivity contribution < 1.29 is 19.2 Å². The highest BCUT2D eigenvalue weighted by molar-refractivity contribution is 6.42. The second kappa shape index (κ2) is 5.59. The summed E-state index contributed by atoms with van der Waals surface area (Å²) in [5, 5.41) is 1.21. The van der Waals surface area contributed by atoms with Crippen LogP contribution in [-0.2, 0) is 25.6 Å². The van der Waals surface area contributed by atoms with E-state index >= 15 is 0 Å². The molecule has 0 unspecified atom stereocenters. The third-order valence-corrected chi connectivity index (χ3v) is 3.27. The van der Waals surface area contributed by atoms with E-state index in [1.165, 1.54) is 6.07 Å². The molecule has 5 nitrogen and oxygen atoms in total. The van der Waals surface area contributed by atoms with Crippen LogP contribution in [0.2, 0.25) is 10.0 Å². The van der Waals surface area contributed by atoms with E-state index in [9.17, 15) is 14.4 Å². The monoisotopic (exact) mass is 301 g/mol. The molecule has 1 aliphatic rings. The molecule has 1 heterocycles. The average Bonchev–Trinajstić information content (AvgIpc) is 2.66. The fourth-order valence-corrected chi connectivity index (χ4v) is 1.93. The maximum absolute atomic E-state index is 11.6. The van der Waals surface area contributed by atoms with Gasteiger partial charge in [0.15, 0.2) is 0 Å². The summed E-state index contributed by atoms with van der Waals surface area (Å²) in [5.74, 6) is -1.72. The lowest BCUT2D eigenvalue weighted by molar-refractivity contribution is -0.197. The molecule has 19 heavy (non-hydrogen) atoms. The van der Waals surface area contributed by atoms with Crippen LogP contribution in [0.5, 0.6) is 0 Å². The SMILES string of the molecule is O=C(Cc1ccc(Cl)c(Cl)c1)ON1C(=O)CCC1=O. The van der Waals surface area contributed by atoms with Crippen LogP contribution in [0.4, 0.5) is 0 Å². The summed E-state index contributed by atoms with van der Waals surface area (Å²) >= 11 is 11.6. The maximum Gasteiger partial charge on any atom is 0.337 e. The van der Waals surface area contributed by atoms with Crippen LogP contribution < -0.4 is 0 Å². The first kappa shape index (κ1) is 13.8. The first-order valence-electron chi connectivity index (χ1n) is 5.48. The number of rotatable bonds is 3. The van der Waals surface area contributed by atoms with Gasteiger partial charge < -0.3 is 4.84 Å². The molecule has 1 aromatic carbocycles. The lowest BCUT2D eigenvalue weighted by Crippen LogP contribution is -2.32. The summed E-state index contributed by atoms with van der Waals surface area (Å²) in [6.45, 7) is 0. The third kappa shape index (κ3) is 3.24. The van der Waals surface area contributed by atoms with Crippen molar-refractivity contribution in [3.63, 3.8) is 0 Å². The number of imide groups is 1. The molecule has 1 aliphatic heterocycles. The fourth-order valence-electron chi connectivity index (χ4n) is 1.61. The molecule has 0 aliphatic carbocycles. The van der Waals surface area contributed by atoms with Crippen molar-refractivity contribution in [2.45, 2.75) is 19.3 Å². The van der Waals surface area contributed by atoms with Crippen molar-refractivity contribution >= 4 is 41.0 Å². The Morgan fingerprint density at radius 3 is 2.37 bits per heavy atom. The minimum Gasteiger partial charge on any atom is -0.330 e. The number of benzene rings is 1. The summed E-state index contributed by atoms with van der Waals surface area (Å²) in [6, 6.07) is 4.69. The molecule has 100 valence electrons. The minimum atomic E-state index is -0.706. The van der Waals surface area contributed by atoms with Crippen molar-refractivity contribution in [1.82, 2.24) is 5.06 Å². The molecule has 0 atom stereocenters. The number of carbonyl (C=O) groups excluding carboxylic acids is 3. The largest absolute Gasteiger partial charge is 0.337 e. The summed E-state index contributed by atoms with van der Waals surface area (Å²) in [5.41, 5.74) is 0.582. The summed E-state index contributed by atoms with van der Waals surface area (Å²) < 4.78 is 0. The quantitative estimate of drug-likeness (QED) is 0.803.